The highest BCUT2D eigenvalue weighted by molar-refractivity contribution is 5.85. The van der Waals surface area contributed by atoms with Gasteiger partial charge in [-0.25, -0.2) is 0 Å². The standard InChI is InChI=1S/C28H30N2O3/c1-20-6-5-8-22(16-20)25-9-4-3-7-23(25)18-28(27(29)32)14-15-30(19-28)26(31)17-21-10-12-24(33-2)13-11-21/h3-13,16H,14-15,17-19H2,1-2H3,(H2,29,32). The molecule has 3 aromatic carbocycles. The van der Waals surface area contributed by atoms with Crippen LogP contribution in [-0.4, -0.2) is 36.9 Å². The first-order valence-corrected chi connectivity index (χ1v) is 11.3. The highest BCUT2D eigenvalue weighted by atomic mass is 16.5. The molecule has 1 aliphatic heterocycles. The Hall–Kier alpha value is -3.60. The van der Waals surface area contributed by atoms with E-state index in [0.717, 1.165) is 28.0 Å². The Morgan fingerprint density at radius 3 is 2.48 bits per heavy atom. The van der Waals surface area contributed by atoms with Gasteiger partial charge in [-0.3, -0.25) is 9.59 Å². The average Bonchev–Trinajstić information content (AvgIpc) is 3.26. The number of primary amides is 1. The number of nitrogens with two attached hydrogens (primary N) is 1. The summed E-state index contributed by atoms with van der Waals surface area (Å²) in [6.45, 7) is 2.95. The van der Waals surface area contributed by atoms with Gasteiger partial charge in [-0.2, -0.15) is 0 Å². The molecule has 0 aliphatic carbocycles. The summed E-state index contributed by atoms with van der Waals surface area (Å²) in [6, 6.07) is 24.0. The van der Waals surface area contributed by atoms with E-state index in [-0.39, 0.29) is 11.8 Å². The molecule has 1 fully saturated rings. The summed E-state index contributed by atoms with van der Waals surface area (Å²) >= 11 is 0. The summed E-state index contributed by atoms with van der Waals surface area (Å²) in [6.07, 6.45) is 1.37. The molecule has 0 saturated carbocycles. The van der Waals surface area contributed by atoms with Gasteiger partial charge in [-0.1, -0.05) is 66.2 Å². The lowest BCUT2D eigenvalue weighted by Crippen LogP contribution is -2.42. The fourth-order valence-corrected chi connectivity index (χ4v) is 4.68. The van der Waals surface area contributed by atoms with Gasteiger partial charge in [-0.15, -0.1) is 0 Å². The number of aryl methyl sites for hydroxylation is 1. The molecule has 0 radical (unpaired) electrons. The predicted molar refractivity (Wildman–Crippen MR) is 130 cm³/mol. The Balaban J connectivity index is 1.53. The minimum Gasteiger partial charge on any atom is -0.497 e. The first-order chi connectivity index (χ1) is 15.9. The first kappa shape index (κ1) is 22.6. The number of ether oxygens (including phenoxy) is 1. The molecule has 0 aromatic heterocycles. The van der Waals surface area contributed by atoms with Crippen molar-refractivity contribution in [1.29, 1.82) is 0 Å². The van der Waals surface area contributed by atoms with Gasteiger partial charge in [0.1, 0.15) is 5.75 Å². The number of rotatable bonds is 7. The van der Waals surface area contributed by atoms with E-state index in [2.05, 4.69) is 37.3 Å². The molecule has 2 N–H and O–H groups in total. The molecule has 2 amide bonds. The van der Waals surface area contributed by atoms with Crippen molar-refractivity contribution in [3.8, 4) is 16.9 Å². The molecule has 1 aliphatic rings. The van der Waals surface area contributed by atoms with Gasteiger partial charge in [0.25, 0.3) is 0 Å². The van der Waals surface area contributed by atoms with Crippen LogP contribution in [0.3, 0.4) is 0 Å². The van der Waals surface area contributed by atoms with Crippen molar-refractivity contribution in [2.24, 2.45) is 11.1 Å². The lowest BCUT2D eigenvalue weighted by molar-refractivity contribution is -0.131. The Bertz CT molecular complexity index is 1160. The summed E-state index contributed by atoms with van der Waals surface area (Å²) in [7, 11) is 1.62. The van der Waals surface area contributed by atoms with Gasteiger partial charge in [0.2, 0.25) is 11.8 Å². The molecular formula is C28H30N2O3. The number of amides is 2. The molecule has 1 atom stereocenters. The molecule has 0 bridgehead atoms. The molecule has 5 nitrogen and oxygen atoms in total. The predicted octanol–water partition coefficient (Wildman–Crippen LogP) is 4.16. The maximum atomic E-state index is 13.0. The number of nitrogens with zero attached hydrogens (tertiary/aromatic N) is 1. The van der Waals surface area contributed by atoms with Crippen molar-refractivity contribution in [3.63, 3.8) is 0 Å². The van der Waals surface area contributed by atoms with Crippen LogP contribution in [0, 0.1) is 12.3 Å². The van der Waals surface area contributed by atoms with Gasteiger partial charge in [0.05, 0.1) is 18.9 Å². The van der Waals surface area contributed by atoms with Crippen LogP contribution >= 0.6 is 0 Å². The number of likely N-dealkylation sites (tertiary alicyclic amines) is 1. The second-order valence-electron chi connectivity index (χ2n) is 8.94. The van der Waals surface area contributed by atoms with E-state index in [4.69, 9.17) is 10.5 Å². The van der Waals surface area contributed by atoms with Crippen molar-refractivity contribution >= 4 is 11.8 Å². The fraction of sp³-hybridized carbons (Fsp3) is 0.286. The molecule has 5 heteroatoms. The summed E-state index contributed by atoms with van der Waals surface area (Å²) in [5, 5.41) is 0. The van der Waals surface area contributed by atoms with E-state index in [1.165, 1.54) is 5.56 Å². The van der Waals surface area contributed by atoms with Crippen LogP contribution in [0.25, 0.3) is 11.1 Å². The van der Waals surface area contributed by atoms with E-state index in [0.29, 0.717) is 32.4 Å². The average molecular weight is 443 g/mol. The van der Waals surface area contributed by atoms with Crippen LogP contribution in [0.1, 0.15) is 23.1 Å². The minimum absolute atomic E-state index is 0.00950. The van der Waals surface area contributed by atoms with Gasteiger partial charge in [0.15, 0.2) is 0 Å². The van der Waals surface area contributed by atoms with Crippen molar-refractivity contribution in [2.75, 3.05) is 20.2 Å². The molecule has 4 rings (SSSR count). The van der Waals surface area contributed by atoms with Crippen LogP contribution < -0.4 is 10.5 Å². The smallest absolute Gasteiger partial charge is 0.227 e. The zero-order chi connectivity index (χ0) is 23.4. The van der Waals surface area contributed by atoms with Gasteiger partial charge in [-0.05, 0) is 54.2 Å². The van der Waals surface area contributed by atoms with Gasteiger partial charge < -0.3 is 15.4 Å². The topological polar surface area (TPSA) is 72.6 Å². The largest absolute Gasteiger partial charge is 0.497 e. The summed E-state index contributed by atoms with van der Waals surface area (Å²) in [4.78, 5) is 27.5. The Morgan fingerprint density at radius 2 is 1.79 bits per heavy atom. The summed E-state index contributed by atoms with van der Waals surface area (Å²) < 4.78 is 5.19. The van der Waals surface area contributed by atoms with Crippen LogP contribution in [0.4, 0.5) is 0 Å². The minimum atomic E-state index is -0.768. The maximum Gasteiger partial charge on any atom is 0.227 e. The van der Waals surface area contributed by atoms with Crippen LogP contribution in [-0.2, 0) is 22.4 Å². The Kier molecular flexibility index (Phi) is 6.50. The molecule has 3 aromatic rings. The number of carbonyl (C=O) groups is 2. The molecular weight excluding hydrogens is 412 g/mol. The molecule has 0 spiro atoms. The Morgan fingerprint density at radius 1 is 1.03 bits per heavy atom. The normalized spacial score (nSPS) is 17.7. The summed E-state index contributed by atoms with van der Waals surface area (Å²) in [5.74, 6) is 0.420. The second-order valence-corrected chi connectivity index (χ2v) is 8.94. The van der Waals surface area contributed by atoms with E-state index in [9.17, 15) is 9.59 Å². The number of carbonyl (C=O) groups excluding carboxylic acids is 2. The third-order valence-electron chi connectivity index (χ3n) is 6.62. The molecule has 1 heterocycles. The Labute approximate surface area is 195 Å². The zero-order valence-corrected chi connectivity index (χ0v) is 19.2. The highest BCUT2D eigenvalue weighted by Crippen LogP contribution is 2.37. The van der Waals surface area contributed by atoms with E-state index in [1.807, 2.05) is 42.5 Å². The van der Waals surface area contributed by atoms with E-state index < -0.39 is 5.41 Å². The quantitative estimate of drug-likeness (QED) is 0.597. The van der Waals surface area contributed by atoms with E-state index >= 15 is 0 Å². The van der Waals surface area contributed by atoms with Crippen LogP contribution in [0.5, 0.6) is 5.75 Å². The monoisotopic (exact) mass is 442 g/mol. The second kappa shape index (κ2) is 9.49. The van der Waals surface area contributed by atoms with Crippen molar-refractivity contribution in [3.05, 3.63) is 89.5 Å². The van der Waals surface area contributed by atoms with Crippen molar-refractivity contribution in [2.45, 2.75) is 26.2 Å². The number of benzene rings is 3. The highest BCUT2D eigenvalue weighted by Gasteiger charge is 2.45. The SMILES string of the molecule is COc1ccc(CC(=O)N2CCC(Cc3ccccc3-c3cccc(C)c3)(C(N)=O)C2)cc1. The van der Waals surface area contributed by atoms with E-state index in [1.54, 1.807) is 12.0 Å². The molecule has 1 unspecified atom stereocenters. The first-order valence-electron chi connectivity index (χ1n) is 11.3. The lowest BCUT2D eigenvalue weighted by atomic mass is 9.78. The third kappa shape index (κ3) is 4.92. The fourth-order valence-electron chi connectivity index (χ4n) is 4.68. The summed E-state index contributed by atoms with van der Waals surface area (Å²) in [5.41, 5.74) is 10.6. The zero-order valence-electron chi connectivity index (χ0n) is 19.2. The van der Waals surface area contributed by atoms with Crippen LogP contribution in [0.2, 0.25) is 0 Å². The third-order valence-corrected chi connectivity index (χ3v) is 6.62. The number of methoxy groups -OCH3 is 1. The van der Waals surface area contributed by atoms with Gasteiger partial charge in [0, 0.05) is 13.1 Å². The lowest BCUT2D eigenvalue weighted by Gasteiger charge is -2.27. The number of hydrogen-bond donors (Lipinski definition) is 1. The molecule has 33 heavy (non-hydrogen) atoms. The van der Waals surface area contributed by atoms with Crippen molar-refractivity contribution < 1.29 is 14.3 Å². The van der Waals surface area contributed by atoms with Crippen LogP contribution in [0.15, 0.2) is 72.8 Å². The molecule has 1 saturated heterocycles. The molecule has 170 valence electrons. The maximum absolute atomic E-state index is 13.0. The number of hydrogen-bond acceptors (Lipinski definition) is 3. The van der Waals surface area contributed by atoms with Crippen molar-refractivity contribution in [1.82, 2.24) is 4.90 Å². The van der Waals surface area contributed by atoms with Gasteiger partial charge >= 0.3 is 0 Å².